The molecule has 0 aliphatic heterocycles. The molecule has 6 heteroatoms. The maximum absolute atomic E-state index is 13.3. The van der Waals surface area contributed by atoms with E-state index >= 15 is 0 Å². The Hall–Kier alpha value is -1.52. The van der Waals surface area contributed by atoms with Crippen molar-refractivity contribution < 1.29 is 8.78 Å². The van der Waals surface area contributed by atoms with Crippen LogP contribution < -0.4 is 11.1 Å². The first-order valence-electron chi connectivity index (χ1n) is 5.35. The maximum Gasteiger partial charge on any atom is 0.128 e. The lowest BCUT2D eigenvalue weighted by Gasteiger charge is -2.13. The smallest absolute Gasteiger partial charge is 0.128 e. The van der Waals surface area contributed by atoms with E-state index in [0.29, 0.717) is 16.9 Å². The molecule has 0 amide bonds. The lowest BCUT2D eigenvalue weighted by atomic mass is 10.1. The van der Waals surface area contributed by atoms with Gasteiger partial charge < -0.3 is 11.1 Å². The Morgan fingerprint density at radius 3 is 2.21 bits per heavy atom. The van der Waals surface area contributed by atoms with Crippen LogP contribution >= 0.6 is 23.2 Å². The molecule has 0 bridgehead atoms. The molecule has 0 saturated carbocycles. The number of nitrogen functional groups attached to an aromatic ring is 1. The van der Waals surface area contributed by atoms with Gasteiger partial charge in [-0.15, -0.1) is 0 Å². The summed E-state index contributed by atoms with van der Waals surface area (Å²) in [7, 11) is 0. The molecule has 3 N–H and O–H groups in total. The predicted octanol–water partition coefficient (Wildman–Crippen LogP) is 4.91. The van der Waals surface area contributed by atoms with Crippen molar-refractivity contribution in [2.45, 2.75) is 6.92 Å². The van der Waals surface area contributed by atoms with E-state index in [0.717, 1.165) is 12.1 Å². The van der Waals surface area contributed by atoms with Gasteiger partial charge in [-0.25, -0.2) is 8.78 Å². The molecule has 0 spiro atoms. The summed E-state index contributed by atoms with van der Waals surface area (Å²) in [6.45, 7) is 1.60. The molecule has 0 atom stereocenters. The molecule has 0 fully saturated rings. The van der Waals surface area contributed by atoms with Crippen LogP contribution in [0.2, 0.25) is 10.0 Å². The van der Waals surface area contributed by atoms with Crippen LogP contribution in [0.4, 0.5) is 25.8 Å². The summed E-state index contributed by atoms with van der Waals surface area (Å²) in [5.74, 6) is -0.942. The SMILES string of the molecule is Cc1cc(Nc2c(Cl)cc(F)cc2Cl)c(N)cc1F. The van der Waals surface area contributed by atoms with Crippen molar-refractivity contribution in [2.75, 3.05) is 11.1 Å². The fourth-order valence-electron chi connectivity index (χ4n) is 1.60. The fourth-order valence-corrected chi connectivity index (χ4v) is 2.16. The van der Waals surface area contributed by atoms with Crippen LogP contribution in [0.1, 0.15) is 5.56 Å². The monoisotopic (exact) mass is 302 g/mol. The van der Waals surface area contributed by atoms with Crippen LogP contribution in [0.5, 0.6) is 0 Å². The first-order valence-corrected chi connectivity index (χ1v) is 6.11. The van der Waals surface area contributed by atoms with Gasteiger partial charge in [0.05, 0.1) is 27.1 Å². The van der Waals surface area contributed by atoms with Gasteiger partial charge in [0.2, 0.25) is 0 Å². The summed E-state index contributed by atoms with van der Waals surface area (Å²) in [5, 5.41) is 3.12. The number of benzene rings is 2. The highest BCUT2D eigenvalue weighted by atomic mass is 35.5. The Morgan fingerprint density at radius 2 is 1.63 bits per heavy atom. The van der Waals surface area contributed by atoms with Gasteiger partial charge in [0.1, 0.15) is 11.6 Å². The third-order valence-corrected chi connectivity index (χ3v) is 3.19. The van der Waals surface area contributed by atoms with E-state index in [2.05, 4.69) is 5.32 Å². The summed E-state index contributed by atoms with van der Waals surface area (Å²) in [5.41, 5.74) is 7.11. The summed E-state index contributed by atoms with van der Waals surface area (Å²) in [6, 6.07) is 4.98. The van der Waals surface area contributed by atoms with Gasteiger partial charge in [-0.2, -0.15) is 0 Å². The molecule has 0 radical (unpaired) electrons. The number of halogens is 4. The minimum absolute atomic E-state index is 0.117. The van der Waals surface area contributed by atoms with E-state index in [-0.39, 0.29) is 15.7 Å². The summed E-state index contributed by atoms with van der Waals surface area (Å²) >= 11 is 11.8. The molecule has 0 unspecified atom stereocenters. The van der Waals surface area contributed by atoms with Crippen molar-refractivity contribution in [3.05, 3.63) is 51.5 Å². The molecule has 0 aromatic heterocycles. The second-order valence-electron chi connectivity index (χ2n) is 4.06. The summed E-state index contributed by atoms with van der Waals surface area (Å²) in [4.78, 5) is 0. The van der Waals surface area contributed by atoms with Crippen molar-refractivity contribution in [3.8, 4) is 0 Å². The van der Waals surface area contributed by atoms with E-state index in [1.165, 1.54) is 12.1 Å². The fraction of sp³-hybridized carbons (Fsp3) is 0.0769. The van der Waals surface area contributed by atoms with Gasteiger partial charge in [-0.1, -0.05) is 23.2 Å². The van der Waals surface area contributed by atoms with Crippen LogP contribution in [-0.2, 0) is 0 Å². The Kier molecular flexibility index (Phi) is 3.83. The minimum atomic E-state index is -0.538. The van der Waals surface area contributed by atoms with Gasteiger partial charge in [0.15, 0.2) is 0 Å². The molecule has 2 rings (SSSR count). The maximum atomic E-state index is 13.3. The van der Waals surface area contributed by atoms with Crippen LogP contribution in [0.3, 0.4) is 0 Å². The molecule has 0 saturated heterocycles. The van der Waals surface area contributed by atoms with E-state index in [1.807, 2.05) is 0 Å². The quantitative estimate of drug-likeness (QED) is 0.774. The second-order valence-corrected chi connectivity index (χ2v) is 4.87. The number of anilines is 3. The standard InChI is InChI=1S/C13H10Cl2F2N2/c1-6-2-12(11(18)5-10(6)17)19-13-8(14)3-7(16)4-9(13)15/h2-5,19H,18H2,1H3. The zero-order valence-corrected chi connectivity index (χ0v) is 11.4. The van der Waals surface area contributed by atoms with Crippen molar-refractivity contribution in [1.82, 2.24) is 0 Å². The number of nitrogens with two attached hydrogens (primary N) is 1. The average Bonchev–Trinajstić information content (AvgIpc) is 2.29. The number of aryl methyl sites for hydroxylation is 1. The lowest BCUT2D eigenvalue weighted by Crippen LogP contribution is -2.00. The predicted molar refractivity (Wildman–Crippen MR) is 75.3 cm³/mol. The minimum Gasteiger partial charge on any atom is -0.397 e. The summed E-state index contributed by atoms with van der Waals surface area (Å²) < 4.78 is 26.4. The number of hydrogen-bond donors (Lipinski definition) is 2. The molecule has 2 aromatic rings. The van der Waals surface area contributed by atoms with Gasteiger partial charge >= 0.3 is 0 Å². The van der Waals surface area contributed by atoms with Crippen LogP contribution in [0, 0.1) is 18.6 Å². The second kappa shape index (κ2) is 5.23. The van der Waals surface area contributed by atoms with Gasteiger partial charge in [0.25, 0.3) is 0 Å². The van der Waals surface area contributed by atoms with Crippen LogP contribution in [-0.4, -0.2) is 0 Å². The number of nitrogens with one attached hydrogen (secondary N) is 1. The Bertz CT molecular complexity index is 622. The number of rotatable bonds is 2. The highest BCUT2D eigenvalue weighted by molar-refractivity contribution is 6.39. The highest BCUT2D eigenvalue weighted by Gasteiger charge is 2.11. The van der Waals surface area contributed by atoms with Crippen molar-refractivity contribution in [1.29, 1.82) is 0 Å². The molecule has 2 nitrogen and oxygen atoms in total. The van der Waals surface area contributed by atoms with Crippen molar-refractivity contribution in [2.24, 2.45) is 0 Å². The molecular weight excluding hydrogens is 293 g/mol. The topological polar surface area (TPSA) is 38.0 Å². The first kappa shape index (κ1) is 13.9. The lowest BCUT2D eigenvalue weighted by molar-refractivity contribution is 0.619. The average molecular weight is 303 g/mol. The third kappa shape index (κ3) is 2.91. The first-order chi connectivity index (χ1) is 8.88. The van der Waals surface area contributed by atoms with Crippen LogP contribution in [0.15, 0.2) is 24.3 Å². The molecule has 0 aliphatic rings. The highest BCUT2D eigenvalue weighted by Crippen LogP contribution is 2.35. The van der Waals surface area contributed by atoms with E-state index in [4.69, 9.17) is 28.9 Å². The number of hydrogen-bond acceptors (Lipinski definition) is 2. The van der Waals surface area contributed by atoms with Crippen LogP contribution in [0.25, 0.3) is 0 Å². The Labute approximate surface area is 119 Å². The van der Waals surface area contributed by atoms with Gasteiger partial charge in [-0.05, 0) is 36.8 Å². The molecule has 0 aliphatic carbocycles. The zero-order chi connectivity index (χ0) is 14.2. The zero-order valence-electron chi connectivity index (χ0n) is 9.90. The van der Waals surface area contributed by atoms with E-state index in [9.17, 15) is 8.78 Å². The molecule has 100 valence electrons. The van der Waals surface area contributed by atoms with Gasteiger partial charge in [0, 0.05) is 0 Å². The molecule has 0 heterocycles. The van der Waals surface area contributed by atoms with Crippen molar-refractivity contribution >= 4 is 40.3 Å². The van der Waals surface area contributed by atoms with Crippen molar-refractivity contribution in [3.63, 3.8) is 0 Å². The normalized spacial score (nSPS) is 10.6. The summed E-state index contributed by atoms with van der Waals surface area (Å²) in [6.07, 6.45) is 0. The third-order valence-electron chi connectivity index (χ3n) is 2.60. The van der Waals surface area contributed by atoms with E-state index in [1.54, 1.807) is 6.92 Å². The Morgan fingerprint density at radius 1 is 1.05 bits per heavy atom. The molecule has 19 heavy (non-hydrogen) atoms. The van der Waals surface area contributed by atoms with Gasteiger partial charge in [-0.3, -0.25) is 0 Å². The Balaban J connectivity index is 2.45. The van der Waals surface area contributed by atoms with E-state index < -0.39 is 11.6 Å². The molecule has 2 aromatic carbocycles. The molecular formula is C13H10Cl2F2N2. The largest absolute Gasteiger partial charge is 0.397 e.